The third-order valence-corrected chi connectivity index (χ3v) is 4.17. The molecule has 0 aliphatic heterocycles. The van der Waals surface area contributed by atoms with E-state index in [-0.39, 0.29) is 19.1 Å². The lowest BCUT2D eigenvalue weighted by atomic mass is 10.0. The van der Waals surface area contributed by atoms with Crippen LogP contribution in [-0.4, -0.2) is 30.0 Å². The van der Waals surface area contributed by atoms with Gasteiger partial charge >= 0.3 is 0 Å². The minimum atomic E-state index is 0.0313. The van der Waals surface area contributed by atoms with Crippen LogP contribution in [0.5, 0.6) is 5.75 Å². The molecule has 140 valence electrons. The van der Waals surface area contributed by atoms with E-state index < -0.39 is 0 Å². The zero-order chi connectivity index (χ0) is 18.5. The molecule has 5 heteroatoms. The highest BCUT2D eigenvalue weighted by atomic mass is 16.5. The van der Waals surface area contributed by atoms with Crippen molar-refractivity contribution >= 4 is 11.4 Å². The van der Waals surface area contributed by atoms with E-state index in [1.165, 1.54) is 0 Å². The van der Waals surface area contributed by atoms with Gasteiger partial charge in [0, 0.05) is 19.1 Å². The van der Waals surface area contributed by atoms with Gasteiger partial charge in [0.2, 0.25) is 0 Å². The number of nitrogens with zero attached hydrogens (tertiary/aromatic N) is 2. The van der Waals surface area contributed by atoms with Crippen molar-refractivity contribution in [3.63, 3.8) is 0 Å². The van der Waals surface area contributed by atoms with Gasteiger partial charge in [-0.3, -0.25) is 0 Å². The first-order valence-corrected chi connectivity index (χ1v) is 9.23. The van der Waals surface area contributed by atoms with Crippen LogP contribution in [0.1, 0.15) is 32.1 Å². The number of aliphatic hydroxyl groups excluding tert-OH is 2. The fourth-order valence-electron chi connectivity index (χ4n) is 2.54. The summed E-state index contributed by atoms with van der Waals surface area (Å²) in [5, 5.41) is 26.4. The van der Waals surface area contributed by atoms with Gasteiger partial charge in [0.15, 0.2) is 0 Å². The highest BCUT2D eigenvalue weighted by molar-refractivity contribution is 5.42. The molecule has 0 saturated carbocycles. The van der Waals surface area contributed by atoms with Gasteiger partial charge < -0.3 is 14.9 Å². The molecule has 0 bridgehead atoms. The van der Waals surface area contributed by atoms with Gasteiger partial charge in [-0.15, -0.1) is 0 Å². The first-order valence-electron chi connectivity index (χ1n) is 9.23. The van der Waals surface area contributed by atoms with Crippen LogP contribution in [-0.2, 0) is 0 Å². The van der Waals surface area contributed by atoms with Crippen molar-refractivity contribution in [2.24, 2.45) is 16.1 Å². The Morgan fingerprint density at radius 2 is 1.35 bits per heavy atom. The fraction of sp³-hybridized carbons (Fsp3) is 0.429. The van der Waals surface area contributed by atoms with Crippen molar-refractivity contribution in [1.29, 1.82) is 0 Å². The number of hydrogen-bond acceptors (Lipinski definition) is 5. The van der Waals surface area contributed by atoms with E-state index in [0.717, 1.165) is 49.2 Å². The van der Waals surface area contributed by atoms with Crippen LogP contribution in [0, 0.1) is 5.92 Å². The Kier molecular flexibility index (Phi) is 9.40. The number of ether oxygens (including phenoxy) is 1. The van der Waals surface area contributed by atoms with E-state index in [4.69, 9.17) is 14.9 Å². The van der Waals surface area contributed by atoms with E-state index in [1.807, 2.05) is 54.6 Å². The van der Waals surface area contributed by atoms with Gasteiger partial charge in [-0.25, -0.2) is 0 Å². The Labute approximate surface area is 155 Å². The van der Waals surface area contributed by atoms with E-state index in [2.05, 4.69) is 10.2 Å². The maximum atomic E-state index is 9.01. The molecular weight excluding hydrogens is 328 g/mol. The quantitative estimate of drug-likeness (QED) is 0.414. The van der Waals surface area contributed by atoms with E-state index >= 15 is 0 Å². The van der Waals surface area contributed by atoms with Crippen LogP contribution in [0.4, 0.5) is 11.4 Å². The Bertz CT molecular complexity index is 625. The molecule has 0 aromatic heterocycles. The Balaban J connectivity index is 1.61. The normalized spacial score (nSPS) is 11.3. The molecule has 0 spiro atoms. The van der Waals surface area contributed by atoms with Crippen LogP contribution in [0.25, 0.3) is 0 Å². The molecule has 26 heavy (non-hydrogen) atoms. The minimum Gasteiger partial charge on any atom is -0.494 e. The van der Waals surface area contributed by atoms with Crippen molar-refractivity contribution in [2.45, 2.75) is 32.1 Å². The van der Waals surface area contributed by atoms with Crippen molar-refractivity contribution in [3.8, 4) is 5.75 Å². The number of azo groups is 1. The summed E-state index contributed by atoms with van der Waals surface area (Å²) in [6.07, 6.45) is 5.10. The van der Waals surface area contributed by atoms with Gasteiger partial charge in [-0.2, -0.15) is 10.2 Å². The lowest BCUT2D eigenvalue weighted by Crippen LogP contribution is -2.10. The van der Waals surface area contributed by atoms with E-state index in [9.17, 15) is 0 Å². The molecule has 0 heterocycles. The lowest BCUT2D eigenvalue weighted by molar-refractivity contribution is 0.141. The predicted molar refractivity (Wildman–Crippen MR) is 103 cm³/mol. The van der Waals surface area contributed by atoms with E-state index in [1.54, 1.807) is 0 Å². The molecule has 0 aliphatic carbocycles. The summed E-state index contributed by atoms with van der Waals surface area (Å²) in [6, 6.07) is 17.2. The largest absolute Gasteiger partial charge is 0.494 e. The number of benzene rings is 2. The number of rotatable bonds is 12. The molecule has 0 radical (unpaired) electrons. The molecule has 0 fully saturated rings. The van der Waals surface area contributed by atoms with Crippen LogP contribution < -0.4 is 4.74 Å². The zero-order valence-electron chi connectivity index (χ0n) is 15.1. The minimum absolute atomic E-state index is 0.0313. The summed E-state index contributed by atoms with van der Waals surface area (Å²) >= 11 is 0. The average molecular weight is 356 g/mol. The van der Waals surface area contributed by atoms with Gasteiger partial charge in [0.1, 0.15) is 5.75 Å². The SMILES string of the molecule is OCC(CO)CCCCCCOc1ccc(N=Nc2ccccc2)cc1. The second-order valence-corrected chi connectivity index (χ2v) is 6.31. The second-order valence-electron chi connectivity index (χ2n) is 6.31. The van der Waals surface area contributed by atoms with Gasteiger partial charge in [0.05, 0.1) is 18.0 Å². The van der Waals surface area contributed by atoms with Crippen LogP contribution >= 0.6 is 0 Å². The van der Waals surface area contributed by atoms with E-state index in [0.29, 0.717) is 6.61 Å². The molecule has 5 nitrogen and oxygen atoms in total. The molecule has 0 amide bonds. The Morgan fingerprint density at radius 1 is 0.731 bits per heavy atom. The zero-order valence-corrected chi connectivity index (χ0v) is 15.1. The lowest BCUT2D eigenvalue weighted by Gasteiger charge is -2.10. The maximum Gasteiger partial charge on any atom is 0.119 e. The van der Waals surface area contributed by atoms with Crippen molar-refractivity contribution in [1.82, 2.24) is 0 Å². The van der Waals surface area contributed by atoms with Crippen molar-refractivity contribution in [2.75, 3.05) is 19.8 Å². The molecule has 0 atom stereocenters. The smallest absolute Gasteiger partial charge is 0.119 e. The number of hydrogen-bond donors (Lipinski definition) is 2. The van der Waals surface area contributed by atoms with Gasteiger partial charge in [-0.05, 0) is 49.2 Å². The van der Waals surface area contributed by atoms with Gasteiger partial charge in [-0.1, -0.05) is 37.5 Å². The summed E-state index contributed by atoms with van der Waals surface area (Å²) in [7, 11) is 0. The highest BCUT2D eigenvalue weighted by Gasteiger charge is 2.04. The third-order valence-electron chi connectivity index (χ3n) is 4.17. The summed E-state index contributed by atoms with van der Waals surface area (Å²) in [5.74, 6) is 0.869. The van der Waals surface area contributed by atoms with Crippen LogP contribution in [0.2, 0.25) is 0 Å². The maximum absolute atomic E-state index is 9.01. The molecule has 0 aliphatic rings. The topological polar surface area (TPSA) is 74.4 Å². The number of unbranched alkanes of at least 4 members (excludes halogenated alkanes) is 3. The molecular formula is C21H28N2O3. The summed E-state index contributed by atoms with van der Waals surface area (Å²) < 4.78 is 5.74. The third kappa shape index (κ3) is 7.76. The number of aliphatic hydroxyl groups is 2. The van der Waals surface area contributed by atoms with Crippen molar-refractivity contribution in [3.05, 3.63) is 54.6 Å². The molecule has 2 aromatic rings. The second kappa shape index (κ2) is 12.2. The first kappa shape index (κ1) is 20.1. The summed E-state index contributed by atoms with van der Waals surface area (Å²) in [6.45, 7) is 0.829. The molecule has 0 saturated heterocycles. The van der Waals surface area contributed by atoms with Gasteiger partial charge in [0.25, 0.3) is 0 Å². The fourth-order valence-corrected chi connectivity index (χ4v) is 2.54. The highest BCUT2D eigenvalue weighted by Crippen LogP contribution is 2.21. The Morgan fingerprint density at radius 3 is 2.00 bits per heavy atom. The van der Waals surface area contributed by atoms with Crippen LogP contribution in [0.3, 0.4) is 0 Å². The van der Waals surface area contributed by atoms with Crippen LogP contribution in [0.15, 0.2) is 64.8 Å². The molecule has 2 aromatic carbocycles. The summed E-state index contributed by atoms with van der Waals surface area (Å²) in [5.41, 5.74) is 1.63. The Hall–Kier alpha value is -2.24. The van der Waals surface area contributed by atoms with Crippen molar-refractivity contribution < 1.29 is 14.9 Å². The predicted octanol–water partition coefficient (Wildman–Crippen LogP) is 5.03. The standard InChI is InChI=1S/C21H28N2O3/c24-16-18(17-25)8-4-1-2-7-15-26-21-13-11-20(12-14-21)23-22-19-9-5-3-6-10-19/h3,5-6,9-14,18,24-25H,1-2,4,7-8,15-17H2. The molecule has 2 rings (SSSR count). The monoisotopic (exact) mass is 356 g/mol. The first-order chi connectivity index (χ1) is 12.8. The average Bonchev–Trinajstić information content (AvgIpc) is 2.70. The molecule has 2 N–H and O–H groups in total. The molecule has 0 unspecified atom stereocenters. The summed E-state index contributed by atoms with van der Waals surface area (Å²) in [4.78, 5) is 0.